The first-order valence-corrected chi connectivity index (χ1v) is 9.47. The van der Waals surface area contributed by atoms with Gasteiger partial charge in [0.15, 0.2) is 0 Å². The Kier molecular flexibility index (Phi) is 7.91. The van der Waals surface area contributed by atoms with E-state index in [9.17, 15) is 9.59 Å². The standard InChI is InChI=1S/C20H29N3O2.ClH/c1-15-4-6-17(7-5-15)14-23-18(8-9-19(23)24)20(25)22-12-10-16-3-2-11-21-13-16;/h4-7,16,18,21H,2-3,8-14H2,1H3,(H,22,25);1H. The highest BCUT2D eigenvalue weighted by Crippen LogP contribution is 2.22. The van der Waals surface area contributed by atoms with Crippen LogP contribution in [0.25, 0.3) is 0 Å². The Labute approximate surface area is 162 Å². The van der Waals surface area contributed by atoms with Gasteiger partial charge in [0.25, 0.3) is 0 Å². The summed E-state index contributed by atoms with van der Waals surface area (Å²) in [5, 5.41) is 6.46. The van der Waals surface area contributed by atoms with Crippen LogP contribution < -0.4 is 10.6 Å². The number of benzene rings is 1. The lowest BCUT2D eigenvalue weighted by Gasteiger charge is -2.25. The summed E-state index contributed by atoms with van der Waals surface area (Å²) in [6.07, 6.45) is 4.57. The van der Waals surface area contributed by atoms with Gasteiger partial charge in [-0.15, -0.1) is 12.4 Å². The average molecular weight is 380 g/mol. The summed E-state index contributed by atoms with van der Waals surface area (Å²) in [6, 6.07) is 7.84. The summed E-state index contributed by atoms with van der Waals surface area (Å²) in [4.78, 5) is 26.5. The van der Waals surface area contributed by atoms with Crippen LogP contribution in [-0.4, -0.2) is 42.4 Å². The van der Waals surface area contributed by atoms with Crippen molar-refractivity contribution in [3.63, 3.8) is 0 Å². The van der Waals surface area contributed by atoms with Crippen LogP contribution in [0.1, 0.15) is 43.2 Å². The zero-order valence-electron chi connectivity index (χ0n) is 15.5. The molecule has 1 aromatic carbocycles. The van der Waals surface area contributed by atoms with E-state index in [0.717, 1.165) is 25.1 Å². The molecule has 2 fully saturated rings. The number of halogens is 1. The first-order chi connectivity index (χ1) is 12.1. The number of carbonyl (C=O) groups is 2. The molecule has 2 atom stereocenters. The lowest BCUT2D eigenvalue weighted by Crippen LogP contribution is -2.45. The van der Waals surface area contributed by atoms with Gasteiger partial charge in [-0.3, -0.25) is 9.59 Å². The lowest BCUT2D eigenvalue weighted by molar-refractivity contribution is -0.135. The minimum atomic E-state index is -0.321. The molecule has 2 aliphatic heterocycles. The number of carbonyl (C=O) groups excluding carboxylic acids is 2. The van der Waals surface area contributed by atoms with Crippen molar-refractivity contribution in [3.8, 4) is 0 Å². The zero-order valence-corrected chi connectivity index (χ0v) is 16.3. The molecule has 0 saturated carbocycles. The fraction of sp³-hybridized carbons (Fsp3) is 0.600. The molecule has 0 aromatic heterocycles. The molecule has 0 radical (unpaired) electrons. The number of hydrogen-bond donors (Lipinski definition) is 2. The van der Waals surface area contributed by atoms with Crippen LogP contribution in [0.2, 0.25) is 0 Å². The van der Waals surface area contributed by atoms with E-state index >= 15 is 0 Å². The largest absolute Gasteiger partial charge is 0.354 e. The first-order valence-electron chi connectivity index (χ1n) is 9.47. The number of hydrogen-bond acceptors (Lipinski definition) is 3. The van der Waals surface area contributed by atoms with Gasteiger partial charge in [-0.1, -0.05) is 29.8 Å². The molecule has 2 N–H and O–H groups in total. The summed E-state index contributed by atoms with van der Waals surface area (Å²) in [5.41, 5.74) is 2.27. The minimum absolute atomic E-state index is 0. The Balaban J connectivity index is 0.00000243. The molecule has 2 amide bonds. The monoisotopic (exact) mass is 379 g/mol. The predicted molar refractivity (Wildman–Crippen MR) is 105 cm³/mol. The van der Waals surface area contributed by atoms with E-state index in [4.69, 9.17) is 0 Å². The highest BCUT2D eigenvalue weighted by Gasteiger charge is 2.35. The third-order valence-corrected chi connectivity index (χ3v) is 5.36. The van der Waals surface area contributed by atoms with E-state index in [1.807, 2.05) is 31.2 Å². The van der Waals surface area contributed by atoms with E-state index in [1.165, 1.54) is 18.4 Å². The van der Waals surface area contributed by atoms with Crippen molar-refractivity contribution < 1.29 is 9.59 Å². The molecular formula is C20H30ClN3O2. The second-order valence-electron chi connectivity index (χ2n) is 7.35. The van der Waals surface area contributed by atoms with Crippen LogP contribution in [0, 0.1) is 12.8 Å². The van der Waals surface area contributed by atoms with E-state index in [0.29, 0.717) is 31.8 Å². The van der Waals surface area contributed by atoms with Gasteiger partial charge in [-0.2, -0.15) is 0 Å². The Hall–Kier alpha value is -1.59. The molecule has 3 rings (SSSR count). The third-order valence-electron chi connectivity index (χ3n) is 5.36. The smallest absolute Gasteiger partial charge is 0.242 e. The van der Waals surface area contributed by atoms with Crippen molar-refractivity contribution in [1.29, 1.82) is 0 Å². The first kappa shape index (κ1) is 20.7. The van der Waals surface area contributed by atoms with Crippen molar-refractivity contribution in [2.24, 2.45) is 5.92 Å². The number of nitrogens with zero attached hydrogens (tertiary/aromatic N) is 1. The molecule has 2 unspecified atom stereocenters. The molecule has 0 spiro atoms. The summed E-state index contributed by atoms with van der Waals surface area (Å²) in [7, 11) is 0. The maximum atomic E-state index is 12.6. The van der Waals surface area contributed by atoms with E-state index in [2.05, 4.69) is 10.6 Å². The maximum Gasteiger partial charge on any atom is 0.242 e. The maximum absolute atomic E-state index is 12.6. The van der Waals surface area contributed by atoms with Crippen LogP contribution in [0.5, 0.6) is 0 Å². The Morgan fingerprint density at radius 1 is 1.27 bits per heavy atom. The SMILES string of the molecule is Cc1ccc(CN2C(=O)CCC2C(=O)NCCC2CCCNC2)cc1.Cl. The summed E-state index contributed by atoms with van der Waals surface area (Å²) >= 11 is 0. The molecular weight excluding hydrogens is 350 g/mol. The van der Waals surface area contributed by atoms with Gasteiger partial charge < -0.3 is 15.5 Å². The van der Waals surface area contributed by atoms with Crippen LogP contribution >= 0.6 is 12.4 Å². The number of piperidine rings is 1. The van der Waals surface area contributed by atoms with E-state index in [1.54, 1.807) is 4.90 Å². The molecule has 2 aliphatic rings. The quantitative estimate of drug-likeness (QED) is 0.797. The second-order valence-corrected chi connectivity index (χ2v) is 7.35. The van der Waals surface area contributed by atoms with Crippen LogP contribution in [-0.2, 0) is 16.1 Å². The van der Waals surface area contributed by atoms with Gasteiger partial charge in [0.2, 0.25) is 11.8 Å². The van der Waals surface area contributed by atoms with Crippen LogP contribution in [0.15, 0.2) is 24.3 Å². The normalized spacial score (nSPS) is 22.8. The molecule has 26 heavy (non-hydrogen) atoms. The predicted octanol–water partition coefficient (Wildman–Crippen LogP) is 2.41. The van der Waals surface area contributed by atoms with Crippen molar-refractivity contribution >= 4 is 24.2 Å². The fourth-order valence-electron chi connectivity index (χ4n) is 3.78. The van der Waals surface area contributed by atoms with Crippen LogP contribution in [0.4, 0.5) is 0 Å². The van der Waals surface area contributed by atoms with Crippen molar-refractivity contribution in [3.05, 3.63) is 35.4 Å². The van der Waals surface area contributed by atoms with Gasteiger partial charge in [-0.05, 0) is 57.2 Å². The van der Waals surface area contributed by atoms with Gasteiger partial charge in [-0.25, -0.2) is 0 Å². The number of nitrogens with one attached hydrogen (secondary N) is 2. The number of rotatable bonds is 6. The molecule has 144 valence electrons. The Bertz CT molecular complexity index is 600. The number of amides is 2. The third kappa shape index (κ3) is 5.45. The Morgan fingerprint density at radius 3 is 2.73 bits per heavy atom. The molecule has 0 aliphatic carbocycles. The average Bonchev–Trinajstić information content (AvgIpc) is 2.98. The lowest BCUT2D eigenvalue weighted by atomic mass is 9.96. The number of likely N-dealkylation sites (tertiary alicyclic amines) is 1. The number of aryl methyl sites for hydroxylation is 1. The van der Waals surface area contributed by atoms with Gasteiger partial charge in [0.1, 0.15) is 6.04 Å². The van der Waals surface area contributed by atoms with Crippen molar-refractivity contribution in [2.45, 2.75) is 51.6 Å². The van der Waals surface area contributed by atoms with E-state index in [-0.39, 0.29) is 30.3 Å². The highest BCUT2D eigenvalue weighted by atomic mass is 35.5. The van der Waals surface area contributed by atoms with Crippen LogP contribution in [0.3, 0.4) is 0 Å². The minimum Gasteiger partial charge on any atom is -0.354 e. The summed E-state index contributed by atoms with van der Waals surface area (Å²) < 4.78 is 0. The molecule has 2 saturated heterocycles. The summed E-state index contributed by atoms with van der Waals surface area (Å²) in [6.45, 7) is 5.43. The van der Waals surface area contributed by atoms with Gasteiger partial charge in [0, 0.05) is 19.5 Å². The molecule has 2 heterocycles. The summed E-state index contributed by atoms with van der Waals surface area (Å²) in [5.74, 6) is 0.738. The van der Waals surface area contributed by atoms with Gasteiger partial charge >= 0.3 is 0 Å². The van der Waals surface area contributed by atoms with Crippen molar-refractivity contribution in [2.75, 3.05) is 19.6 Å². The highest BCUT2D eigenvalue weighted by molar-refractivity contribution is 5.90. The Morgan fingerprint density at radius 2 is 2.04 bits per heavy atom. The molecule has 0 bridgehead atoms. The molecule has 6 heteroatoms. The topological polar surface area (TPSA) is 61.4 Å². The van der Waals surface area contributed by atoms with Crippen molar-refractivity contribution in [1.82, 2.24) is 15.5 Å². The van der Waals surface area contributed by atoms with Gasteiger partial charge in [0.05, 0.1) is 0 Å². The molecule has 1 aromatic rings. The molecule has 5 nitrogen and oxygen atoms in total. The van der Waals surface area contributed by atoms with E-state index < -0.39 is 0 Å². The second kappa shape index (κ2) is 9.93. The zero-order chi connectivity index (χ0) is 17.6. The fourth-order valence-corrected chi connectivity index (χ4v) is 3.78.